The monoisotopic (exact) mass is 215 g/mol. The van der Waals surface area contributed by atoms with Gasteiger partial charge < -0.3 is 5.32 Å². The summed E-state index contributed by atoms with van der Waals surface area (Å²) in [5.41, 5.74) is 0. The van der Waals surface area contributed by atoms with Crippen molar-refractivity contribution in [3.05, 3.63) is 11.5 Å². The van der Waals surface area contributed by atoms with Crippen molar-refractivity contribution in [2.75, 3.05) is 12.3 Å². The lowest BCUT2D eigenvalue weighted by molar-refractivity contribution is -0.125. The Morgan fingerprint density at radius 1 is 1.46 bits per heavy atom. The maximum Gasteiger partial charge on any atom is 0.401 e. The Balaban J connectivity index is 2.39. The summed E-state index contributed by atoms with van der Waals surface area (Å²) in [4.78, 5) is 0. The number of sulfone groups is 1. The molecule has 0 saturated carbocycles. The van der Waals surface area contributed by atoms with E-state index in [4.69, 9.17) is 0 Å². The van der Waals surface area contributed by atoms with Gasteiger partial charge in [0.2, 0.25) is 0 Å². The summed E-state index contributed by atoms with van der Waals surface area (Å²) >= 11 is 0. The van der Waals surface area contributed by atoms with Gasteiger partial charge in [-0.3, -0.25) is 0 Å². The highest BCUT2D eigenvalue weighted by atomic mass is 32.2. The van der Waals surface area contributed by atoms with E-state index in [1.165, 1.54) is 6.08 Å². The molecule has 0 saturated heterocycles. The van der Waals surface area contributed by atoms with Crippen LogP contribution in [0.5, 0.6) is 0 Å². The summed E-state index contributed by atoms with van der Waals surface area (Å²) in [6.07, 6.45) is -3.08. The molecule has 1 heterocycles. The van der Waals surface area contributed by atoms with Gasteiger partial charge in [-0.25, -0.2) is 8.42 Å². The first kappa shape index (κ1) is 10.5. The van der Waals surface area contributed by atoms with Crippen LogP contribution in [-0.2, 0) is 9.84 Å². The van der Waals surface area contributed by atoms with Crippen molar-refractivity contribution in [3.63, 3.8) is 0 Å². The molecule has 0 bridgehead atoms. The lowest BCUT2D eigenvalue weighted by Gasteiger charge is -2.11. The van der Waals surface area contributed by atoms with Gasteiger partial charge in [-0.2, -0.15) is 13.2 Å². The first-order valence-electron chi connectivity index (χ1n) is 3.50. The first-order chi connectivity index (χ1) is 5.79. The molecule has 0 aromatic heterocycles. The molecule has 3 nitrogen and oxygen atoms in total. The van der Waals surface area contributed by atoms with E-state index in [1.54, 1.807) is 0 Å². The zero-order chi connectivity index (χ0) is 10.1. The lowest BCUT2D eigenvalue weighted by atomic mass is 10.3. The summed E-state index contributed by atoms with van der Waals surface area (Å²) in [6, 6.07) is -0.716. The third kappa shape index (κ3) is 3.77. The van der Waals surface area contributed by atoms with Crippen LogP contribution in [0.2, 0.25) is 0 Å². The van der Waals surface area contributed by atoms with Gasteiger partial charge in [0.25, 0.3) is 0 Å². The molecule has 1 unspecified atom stereocenters. The number of nitrogens with one attached hydrogen (secondary N) is 1. The Labute approximate surface area is 73.5 Å². The highest BCUT2D eigenvalue weighted by molar-refractivity contribution is 7.94. The molecule has 0 aliphatic carbocycles. The molecule has 0 fully saturated rings. The smallest absolute Gasteiger partial charge is 0.301 e. The Morgan fingerprint density at radius 3 is 2.46 bits per heavy atom. The zero-order valence-electron chi connectivity index (χ0n) is 6.50. The summed E-state index contributed by atoms with van der Waals surface area (Å²) in [6.45, 7) is -1.17. The molecule has 76 valence electrons. The van der Waals surface area contributed by atoms with E-state index in [-0.39, 0.29) is 5.75 Å². The average molecular weight is 215 g/mol. The maximum absolute atomic E-state index is 11.7. The SMILES string of the molecule is O=S1(=O)C=CC(NCC(F)(F)F)C1. The summed E-state index contributed by atoms with van der Waals surface area (Å²) in [7, 11) is -3.27. The molecule has 0 amide bonds. The number of alkyl halides is 3. The summed E-state index contributed by atoms with van der Waals surface area (Å²) < 4.78 is 56.5. The van der Waals surface area contributed by atoms with Crippen molar-refractivity contribution >= 4 is 9.84 Å². The molecule has 1 N–H and O–H groups in total. The topological polar surface area (TPSA) is 46.2 Å². The number of hydrogen-bond donors (Lipinski definition) is 1. The van der Waals surface area contributed by atoms with E-state index in [2.05, 4.69) is 5.32 Å². The second-order valence-corrected chi connectivity index (χ2v) is 4.69. The van der Waals surface area contributed by atoms with E-state index >= 15 is 0 Å². The van der Waals surface area contributed by atoms with Gasteiger partial charge in [0, 0.05) is 11.4 Å². The number of rotatable bonds is 2. The van der Waals surface area contributed by atoms with Crippen LogP contribution in [0.3, 0.4) is 0 Å². The predicted molar refractivity (Wildman–Crippen MR) is 40.8 cm³/mol. The highest BCUT2D eigenvalue weighted by Crippen LogP contribution is 2.14. The van der Waals surface area contributed by atoms with Gasteiger partial charge in [-0.1, -0.05) is 6.08 Å². The fraction of sp³-hybridized carbons (Fsp3) is 0.667. The van der Waals surface area contributed by atoms with Crippen molar-refractivity contribution in [3.8, 4) is 0 Å². The number of halogens is 3. The molecule has 0 spiro atoms. The third-order valence-corrected chi connectivity index (χ3v) is 2.89. The summed E-state index contributed by atoms with van der Waals surface area (Å²) in [5.74, 6) is -0.289. The minimum absolute atomic E-state index is 0.289. The van der Waals surface area contributed by atoms with Crippen molar-refractivity contribution in [1.82, 2.24) is 5.32 Å². The molecule has 13 heavy (non-hydrogen) atoms. The minimum atomic E-state index is -4.31. The predicted octanol–water partition coefficient (Wildman–Crippen LogP) is 0.449. The van der Waals surface area contributed by atoms with Crippen LogP contribution < -0.4 is 5.32 Å². The molecule has 0 aromatic rings. The third-order valence-electron chi connectivity index (χ3n) is 1.49. The molecular weight excluding hydrogens is 207 g/mol. The number of hydrogen-bond acceptors (Lipinski definition) is 3. The molecule has 1 rings (SSSR count). The Hall–Kier alpha value is -0.560. The molecule has 0 aromatic carbocycles. The minimum Gasteiger partial charge on any atom is -0.301 e. The fourth-order valence-electron chi connectivity index (χ4n) is 0.950. The van der Waals surface area contributed by atoms with Crippen LogP contribution in [0.1, 0.15) is 0 Å². The van der Waals surface area contributed by atoms with E-state index in [9.17, 15) is 21.6 Å². The van der Waals surface area contributed by atoms with Gasteiger partial charge >= 0.3 is 6.18 Å². The second kappa shape index (κ2) is 3.30. The fourth-order valence-corrected chi connectivity index (χ4v) is 2.22. The zero-order valence-corrected chi connectivity index (χ0v) is 7.32. The standard InChI is InChI=1S/C6H8F3NO2S/c7-6(8,9)4-10-5-1-2-13(11,12)3-5/h1-2,5,10H,3-4H2. The summed E-state index contributed by atoms with van der Waals surface area (Å²) in [5, 5.41) is 3.02. The molecule has 0 radical (unpaired) electrons. The van der Waals surface area contributed by atoms with Crippen molar-refractivity contribution in [1.29, 1.82) is 0 Å². The van der Waals surface area contributed by atoms with E-state index in [0.717, 1.165) is 5.41 Å². The normalized spacial score (nSPS) is 26.5. The van der Waals surface area contributed by atoms with Crippen LogP contribution >= 0.6 is 0 Å². The van der Waals surface area contributed by atoms with Crippen LogP contribution in [0, 0.1) is 0 Å². The Bertz CT molecular complexity index is 306. The molecule has 1 aliphatic heterocycles. The van der Waals surface area contributed by atoms with Gasteiger partial charge in [-0.15, -0.1) is 0 Å². The van der Waals surface area contributed by atoms with E-state index in [0.29, 0.717) is 0 Å². The quantitative estimate of drug-likeness (QED) is 0.727. The van der Waals surface area contributed by atoms with E-state index in [1.807, 2.05) is 0 Å². The van der Waals surface area contributed by atoms with Crippen LogP contribution in [0.4, 0.5) is 13.2 Å². The van der Waals surface area contributed by atoms with Crippen molar-refractivity contribution in [2.24, 2.45) is 0 Å². The van der Waals surface area contributed by atoms with Crippen molar-refractivity contribution < 1.29 is 21.6 Å². The van der Waals surface area contributed by atoms with E-state index < -0.39 is 28.6 Å². The van der Waals surface area contributed by atoms with Crippen LogP contribution in [-0.4, -0.2) is 32.9 Å². The van der Waals surface area contributed by atoms with Gasteiger partial charge in [0.05, 0.1) is 12.3 Å². The van der Waals surface area contributed by atoms with Gasteiger partial charge in [-0.05, 0) is 0 Å². The Morgan fingerprint density at radius 2 is 2.08 bits per heavy atom. The lowest BCUT2D eigenvalue weighted by Crippen LogP contribution is -2.37. The average Bonchev–Trinajstić information content (AvgIpc) is 2.24. The van der Waals surface area contributed by atoms with Crippen molar-refractivity contribution in [2.45, 2.75) is 12.2 Å². The molecule has 1 aliphatic rings. The molecular formula is C6H8F3NO2S. The van der Waals surface area contributed by atoms with Gasteiger partial charge in [0.15, 0.2) is 9.84 Å². The second-order valence-electron chi connectivity index (χ2n) is 2.76. The molecule has 7 heteroatoms. The maximum atomic E-state index is 11.7. The molecule has 1 atom stereocenters. The first-order valence-corrected chi connectivity index (χ1v) is 5.21. The van der Waals surface area contributed by atoms with Crippen LogP contribution in [0.25, 0.3) is 0 Å². The highest BCUT2D eigenvalue weighted by Gasteiger charge is 2.30. The van der Waals surface area contributed by atoms with Gasteiger partial charge in [0.1, 0.15) is 0 Å². The van der Waals surface area contributed by atoms with Crippen LogP contribution in [0.15, 0.2) is 11.5 Å². The Kier molecular flexibility index (Phi) is 2.67. The largest absolute Gasteiger partial charge is 0.401 e.